The molecule has 1 amide bonds. The Balaban J connectivity index is 1.71. The van der Waals surface area contributed by atoms with Crippen LogP contribution in [0.15, 0.2) is 0 Å². The van der Waals surface area contributed by atoms with E-state index in [4.69, 9.17) is 5.11 Å². The Kier molecular flexibility index (Phi) is 2.93. The van der Waals surface area contributed by atoms with Gasteiger partial charge < -0.3 is 10.4 Å². The summed E-state index contributed by atoms with van der Waals surface area (Å²) in [5.41, 5.74) is 0. The van der Waals surface area contributed by atoms with Gasteiger partial charge in [-0.25, -0.2) is 0 Å². The Bertz CT molecular complexity index is 265. The highest BCUT2D eigenvalue weighted by atomic mass is 16.4. The molecule has 2 aliphatic carbocycles. The molecule has 2 atom stereocenters. The average Bonchev–Trinajstić information content (AvgIpc) is 2.90. The first-order valence-corrected chi connectivity index (χ1v) is 5.69. The number of carbonyl (C=O) groups is 2. The summed E-state index contributed by atoms with van der Waals surface area (Å²) in [7, 11) is 0. The van der Waals surface area contributed by atoms with Crippen LogP contribution < -0.4 is 5.32 Å². The van der Waals surface area contributed by atoms with Crippen LogP contribution in [0.3, 0.4) is 0 Å². The predicted molar refractivity (Wildman–Crippen MR) is 54.2 cm³/mol. The number of amides is 1. The van der Waals surface area contributed by atoms with Gasteiger partial charge in [-0.2, -0.15) is 0 Å². The zero-order valence-corrected chi connectivity index (χ0v) is 8.74. The summed E-state index contributed by atoms with van der Waals surface area (Å²) in [5.74, 6) is 0.616. The Labute approximate surface area is 89.0 Å². The molecule has 2 aliphatic rings. The minimum absolute atomic E-state index is 0.0216. The maximum absolute atomic E-state index is 11.6. The first-order chi connectivity index (χ1) is 7.20. The molecule has 15 heavy (non-hydrogen) atoms. The summed E-state index contributed by atoms with van der Waals surface area (Å²) in [6.45, 7) is 0.268. The molecule has 84 valence electrons. The van der Waals surface area contributed by atoms with Crippen LogP contribution >= 0.6 is 0 Å². The Morgan fingerprint density at radius 3 is 2.33 bits per heavy atom. The third-order valence-electron chi connectivity index (χ3n) is 3.60. The third kappa shape index (κ3) is 2.30. The quantitative estimate of drug-likeness (QED) is 0.729. The molecule has 0 radical (unpaired) electrons. The Morgan fingerprint density at radius 1 is 1.20 bits per heavy atom. The van der Waals surface area contributed by atoms with Crippen molar-refractivity contribution in [2.75, 3.05) is 6.54 Å². The monoisotopic (exact) mass is 211 g/mol. The molecule has 0 heterocycles. The molecule has 0 saturated heterocycles. The largest absolute Gasteiger partial charge is 0.481 e. The fraction of sp³-hybridized carbons (Fsp3) is 0.818. The lowest BCUT2D eigenvalue weighted by Gasteiger charge is -2.04. The zero-order valence-electron chi connectivity index (χ0n) is 8.74. The molecular formula is C11H17NO3. The minimum atomic E-state index is -0.858. The van der Waals surface area contributed by atoms with E-state index in [-0.39, 0.29) is 24.8 Å². The second-order valence-corrected chi connectivity index (χ2v) is 4.57. The van der Waals surface area contributed by atoms with Crippen molar-refractivity contribution in [3.8, 4) is 0 Å². The van der Waals surface area contributed by atoms with Gasteiger partial charge in [0, 0.05) is 12.5 Å². The first kappa shape index (κ1) is 10.5. The molecule has 2 unspecified atom stereocenters. The van der Waals surface area contributed by atoms with E-state index in [1.807, 2.05) is 0 Å². The summed E-state index contributed by atoms with van der Waals surface area (Å²) >= 11 is 0. The maximum atomic E-state index is 11.6. The van der Waals surface area contributed by atoms with E-state index in [0.717, 1.165) is 0 Å². The molecule has 0 bridgehead atoms. The molecule has 2 rings (SSSR count). The standard InChI is InChI=1S/C11H17NO3/c13-9(14)5-6-12-11(15)10-7-3-1-2-4-8(7)10/h7-8,10H,1-6H2,(H,12,15)(H,13,14). The number of carbonyl (C=O) groups excluding carboxylic acids is 1. The van der Waals surface area contributed by atoms with E-state index in [1.165, 1.54) is 25.7 Å². The van der Waals surface area contributed by atoms with Crippen molar-refractivity contribution in [3.05, 3.63) is 0 Å². The van der Waals surface area contributed by atoms with Gasteiger partial charge in [0.15, 0.2) is 0 Å². The van der Waals surface area contributed by atoms with Gasteiger partial charge in [-0.15, -0.1) is 0 Å². The zero-order chi connectivity index (χ0) is 10.8. The molecule has 0 aromatic heterocycles. The van der Waals surface area contributed by atoms with Crippen molar-refractivity contribution in [3.63, 3.8) is 0 Å². The van der Waals surface area contributed by atoms with Crippen LogP contribution in [0.2, 0.25) is 0 Å². The van der Waals surface area contributed by atoms with Gasteiger partial charge in [0.1, 0.15) is 0 Å². The number of rotatable bonds is 4. The molecule has 2 fully saturated rings. The van der Waals surface area contributed by atoms with Crippen LogP contribution in [0.4, 0.5) is 0 Å². The van der Waals surface area contributed by atoms with E-state index in [9.17, 15) is 9.59 Å². The fourth-order valence-corrected chi connectivity index (χ4v) is 2.79. The molecule has 2 N–H and O–H groups in total. The van der Waals surface area contributed by atoms with E-state index in [1.54, 1.807) is 0 Å². The van der Waals surface area contributed by atoms with Crippen molar-refractivity contribution in [2.45, 2.75) is 32.1 Å². The summed E-state index contributed by atoms with van der Waals surface area (Å²) in [5, 5.41) is 11.1. The number of nitrogens with one attached hydrogen (secondary N) is 1. The van der Waals surface area contributed by atoms with E-state index in [2.05, 4.69) is 5.32 Å². The van der Waals surface area contributed by atoms with Gasteiger partial charge in [-0.3, -0.25) is 9.59 Å². The van der Waals surface area contributed by atoms with E-state index >= 15 is 0 Å². The molecule has 4 heteroatoms. The maximum Gasteiger partial charge on any atom is 0.305 e. The number of carboxylic acid groups (broad SMARTS) is 1. The molecule has 0 aromatic carbocycles. The van der Waals surface area contributed by atoms with Crippen molar-refractivity contribution in [2.24, 2.45) is 17.8 Å². The minimum Gasteiger partial charge on any atom is -0.481 e. The van der Waals surface area contributed by atoms with Crippen molar-refractivity contribution in [1.82, 2.24) is 5.32 Å². The summed E-state index contributed by atoms with van der Waals surface area (Å²) in [6.07, 6.45) is 4.89. The molecule has 2 saturated carbocycles. The van der Waals surface area contributed by atoms with Gasteiger partial charge in [0.05, 0.1) is 6.42 Å². The summed E-state index contributed by atoms with van der Waals surface area (Å²) in [4.78, 5) is 21.9. The summed E-state index contributed by atoms with van der Waals surface area (Å²) < 4.78 is 0. The highest BCUT2D eigenvalue weighted by molar-refractivity contribution is 5.82. The van der Waals surface area contributed by atoms with Crippen LogP contribution in [-0.4, -0.2) is 23.5 Å². The van der Waals surface area contributed by atoms with Gasteiger partial charge in [-0.05, 0) is 24.7 Å². The van der Waals surface area contributed by atoms with Crippen LogP contribution in [0.5, 0.6) is 0 Å². The molecular weight excluding hydrogens is 194 g/mol. The number of carboxylic acids is 1. The Hall–Kier alpha value is -1.06. The molecule has 0 aliphatic heterocycles. The topological polar surface area (TPSA) is 66.4 Å². The van der Waals surface area contributed by atoms with Gasteiger partial charge >= 0.3 is 5.97 Å². The highest BCUT2D eigenvalue weighted by Gasteiger charge is 2.54. The molecule has 4 nitrogen and oxygen atoms in total. The number of aliphatic carboxylic acids is 1. The first-order valence-electron chi connectivity index (χ1n) is 5.69. The number of fused-ring (bicyclic) bond motifs is 1. The second-order valence-electron chi connectivity index (χ2n) is 4.57. The van der Waals surface area contributed by atoms with E-state index in [0.29, 0.717) is 11.8 Å². The van der Waals surface area contributed by atoms with Gasteiger partial charge in [0.25, 0.3) is 0 Å². The summed E-state index contributed by atoms with van der Waals surface area (Å²) in [6, 6.07) is 0. The average molecular weight is 211 g/mol. The lowest BCUT2D eigenvalue weighted by atomic mass is 10.0. The lowest BCUT2D eigenvalue weighted by molar-refractivity contribution is -0.136. The Morgan fingerprint density at radius 2 is 1.80 bits per heavy atom. The smallest absolute Gasteiger partial charge is 0.305 e. The van der Waals surface area contributed by atoms with E-state index < -0.39 is 5.97 Å². The fourth-order valence-electron chi connectivity index (χ4n) is 2.79. The van der Waals surface area contributed by atoms with Crippen molar-refractivity contribution < 1.29 is 14.7 Å². The second kappa shape index (κ2) is 4.21. The van der Waals surface area contributed by atoms with Crippen molar-refractivity contribution >= 4 is 11.9 Å². The normalized spacial score (nSPS) is 32.9. The SMILES string of the molecule is O=C(O)CCNC(=O)C1C2CCCCC21. The van der Waals surface area contributed by atoms with Crippen LogP contribution in [0.1, 0.15) is 32.1 Å². The lowest BCUT2D eigenvalue weighted by Crippen LogP contribution is -2.28. The van der Waals surface area contributed by atoms with Crippen molar-refractivity contribution in [1.29, 1.82) is 0 Å². The van der Waals surface area contributed by atoms with Crippen LogP contribution in [0, 0.1) is 17.8 Å². The predicted octanol–water partition coefficient (Wildman–Crippen LogP) is 1.01. The third-order valence-corrected chi connectivity index (χ3v) is 3.60. The number of hydrogen-bond donors (Lipinski definition) is 2. The molecule has 0 aromatic rings. The van der Waals surface area contributed by atoms with Gasteiger partial charge in [0.2, 0.25) is 5.91 Å². The van der Waals surface area contributed by atoms with Crippen LogP contribution in [0.25, 0.3) is 0 Å². The highest BCUT2D eigenvalue weighted by Crippen LogP contribution is 2.55. The van der Waals surface area contributed by atoms with Crippen LogP contribution in [-0.2, 0) is 9.59 Å². The molecule has 0 spiro atoms. The van der Waals surface area contributed by atoms with Gasteiger partial charge in [-0.1, -0.05) is 12.8 Å². The number of hydrogen-bond acceptors (Lipinski definition) is 2.